The molecule has 0 spiro atoms. The first kappa shape index (κ1) is 27.5. The highest BCUT2D eigenvalue weighted by atomic mass is 19.4. The van der Waals surface area contributed by atoms with Gasteiger partial charge in [0.1, 0.15) is 5.82 Å². The molecule has 0 bridgehead atoms. The molecule has 218 valence electrons. The van der Waals surface area contributed by atoms with Crippen LogP contribution in [0.1, 0.15) is 41.5 Å². The zero-order chi connectivity index (χ0) is 29.1. The van der Waals surface area contributed by atoms with Crippen molar-refractivity contribution in [2.24, 2.45) is 5.92 Å². The Morgan fingerprint density at radius 3 is 2.41 bits per heavy atom. The van der Waals surface area contributed by atoms with Crippen LogP contribution in [0.4, 0.5) is 42.6 Å². The molecule has 0 unspecified atom stereocenters. The summed E-state index contributed by atoms with van der Waals surface area (Å²) in [6.45, 7) is 2.58. The standard InChI is InChI=1S/C29H29F6N5O/c1-18-5-4-8-24(30)25(18)37-11-9-22(10-12-37)39-16-20-14-38(17-21-13-28(21,31)32)36-26(20)40(27(39)41)15-19-6-2-3-7-23(19)29(33,34)35/h2-8,14,21-22H,9-13,15-17H2,1H3/t21-/m1/s1. The van der Waals surface area contributed by atoms with Crippen molar-refractivity contribution in [3.63, 3.8) is 0 Å². The second-order valence-corrected chi connectivity index (χ2v) is 11.1. The molecule has 1 aliphatic carbocycles. The van der Waals surface area contributed by atoms with Crippen LogP contribution in [0.3, 0.4) is 0 Å². The lowest BCUT2D eigenvalue weighted by Crippen LogP contribution is -2.54. The van der Waals surface area contributed by atoms with Crippen molar-refractivity contribution in [3.8, 4) is 0 Å². The molecule has 2 amide bonds. The number of benzene rings is 2. The fourth-order valence-corrected chi connectivity index (χ4v) is 6.03. The summed E-state index contributed by atoms with van der Waals surface area (Å²) in [6.07, 6.45) is -2.18. The Labute approximate surface area is 233 Å². The predicted molar refractivity (Wildman–Crippen MR) is 140 cm³/mol. The average Bonchev–Trinajstić information content (AvgIpc) is 3.31. The third-order valence-corrected chi connectivity index (χ3v) is 8.31. The van der Waals surface area contributed by atoms with Gasteiger partial charge in [0.15, 0.2) is 5.82 Å². The average molecular weight is 578 g/mol. The van der Waals surface area contributed by atoms with E-state index in [4.69, 9.17) is 0 Å². The monoisotopic (exact) mass is 577 g/mol. The maximum Gasteiger partial charge on any atom is 0.416 e. The molecule has 1 aromatic heterocycles. The van der Waals surface area contributed by atoms with Crippen LogP contribution in [0.25, 0.3) is 0 Å². The van der Waals surface area contributed by atoms with Crippen LogP contribution in [0.2, 0.25) is 0 Å². The molecule has 2 aromatic carbocycles. The van der Waals surface area contributed by atoms with Crippen molar-refractivity contribution in [3.05, 3.63) is 76.7 Å². The number of nitrogens with zero attached hydrogens (tertiary/aromatic N) is 5. The molecule has 0 radical (unpaired) electrons. The highest BCUT2D eigenvalue weighted by Gasteiger charge is 2.57. The van der Waals surface area contributed by atoms with Gasteiger partial charge in [-0.3, -0.25) is 9.58 Å². The van der Waals surface area contributed by atoms with Crippen LogP contribution in [-0.4, -0.2) is 45.8 Å². The Morgan fingerprint density at radius 2 is 1.76 bits per heavy atom. The molecule has 41 heavy (non-hydrogen) atoms. The number of halogens is 6. The fourth-order valence-electron chi connectivity index (χ4n) is 6.03. The minimum absolute atomic E-state index is 0.0401. The van der Waals surface area contributed by atoms with E-state index >= 15 is 0 Å². The first-order valence-corrected chi connectivity index (χ1v) is 13.6. The largest absolute Gasteiger partial charge is 0.416 e. The van der Waals surface area contributed by atoms with Crippen LogP contribution < -0.4 is 9.80 Å². The maximum absolute atomic E-state index is 14.6. The van der Waals surface area contributed by atoms with Gasteiger partial charge in [-0.05, 0) is 43.0 Å². The summed E-state index contributed by atoms with van der Waals surface area (Å²) >= 11 is 0. The lowest BCUT2D eigenvalue weighted by Gasteiger charge is -2.43. The molecule has 3 aromatic rings. The van der Waals surface area contributed by atoms with Crippen molar-refractivity contribution in [2.75, 3.05) is 22.9 Å². The number of carbonyl (C=O) groups is 1. The number of carbonyl (C=O) groups excluding carboxylic acids is 1. The first-order chi connectivity index (χ1) is 19.4. The number of fused-ring (bicyclic) bond motifs is 1. The normalized spacial score (nSPS) is 20.9. The molecule has 3 heterocycles. The van der Waals surface area contributed by atoms with E-state index in [1.807, 2.05) is 17.9 Å². The molecule has 2 fully saturated rings. The van der Waals surface area contributed by atoms with Gasteiger partial charge in [0.25, 0.3) is 5.92 Å². The minimum atomic E-state index is -4.62. The Balaban J connectivity index is 1.28. The van der Waals surface area contributed by atoms with Gasteiger partial charge in [0.2, 0.25) is 0 Å². The van der Waals surface area contributed by atoms with Gasteiger partial charge in [-0.15, -0.1) is 0 Å². The Kier molecular flexibility index (Phi) is 6.69. The van der Waals surface area contributed by atoms with E-state index in [0.29, 0.717) is 37.2 Å². The SMILES string of the molecule is Cc1cccc(F)c1N1CCC(N2Cc3cn(C[C@H]4CC4(F)F)nc3N(Cc3ccccc3C(F)(F)F)C2=O)CC1. The molecule has 3 aliphatic rings. The Morgan fingerprint density at radius 1 is 1.05 bits per heavy atom. The lowest BCUT2D eigenvalue weighted by molar-refractivity contribution is -0.138. The minimum Gasteiger partial charge on any atom is -0.369 e. The number of amides is 2. The number of aryl methyl sites for hydroxylation is 1. The summed E-state index contributed by atoms with van der Waals surface area (Å²) in [4.78, 5) is 18.7. The number of anilines is 2. The van der Waals surface area contributed by atoms with Gasteiger partial charge in [-0.25, -0.2) is 18.0 Å². The van der Waals surface area contributed by atoms with Gasteiger partial charge >= 0.3 is 12.2 Å². The molecule has 6 rings (SSSR count). The molecule has 1 saturated carbocycles. The summed E-state index contributed by atoms with van der Waals surface area (Å²) in [6, 6.07) is 9.24. The molecule has 1 atom stereocenters. The van der Waals surface area contributed by atoms with E-state index in [1.54, 1.807) is 17.2 Å². The Bertz CT molecular complexity index is 1440. The molecular formula is C29H29F6N5O. The van der Waals surface area contributed by atoms with Crippen molar-refractivity contribution in [2.45, 2.75) is 64.0 Å². The topological polar surface area (TPSA) is 44.6 Å². The highest BCUT2D eigenvalue weighted by Crippen LogP contribution is 2.49. The van der Waals surface area contributed by atoms with Crippen LogP contribution in [-0.2, 0) is 25.8 Å². The smallest absolute Gasteiger partial charge is 0.369 e. The highest BCUT2D eigenvalue weighted by molar-refractivity contribution is 5.94. The predicted octanol–water partition coefficient (Wildman–Crippen LogP) is 6.62. The van der Waals surface area contributed by atoms with Crippen molar-refractivity contribution in [1.29, 1.82) is 0 Å². The van der Waals surface area contributed by atoms with E-state index in [0.717, 1.165) is 11.6 Å². The number of hydrogen-bond donors (Lipinski definition) is 0. The van der Waals surface area contributed by atoms with Gasteiger partial charge in [-0.2, -0.15) is 18.3 Å². The number of aromatic nitrogens is 2. The number of para-hydroxylation sites is 1. The third-order valence-electron chi connectivity index (χ3n) is 8.31. The molecule has 12 heteroatoms. The van der Waals surface area contributed by atoms with Crippen LogP contribution >= 0.6 is 0 Å². The summed E-state index contributed by atoms with van der Waals surface area (Å²) < 4.78 is 84.5. The van der Waals surface area contributed by atoms with Crippen LogP contribution in [0.5, 0.6) is 0 Å². The van der Waals surface area contributed by atoms with Gasteiger partial charge in [0, 0.05) is 49.8 Å². The van der Waals surface area contributed by atoms with E-state index in [9.17, 15) is 31.1 Å². The molecule has 1 saturated heterocycles. The fraction of sp³-hybridized carbons (Fsp3) is 0.448. The molecule has 2 aliphatic heterocycles. The summed E-state index contributed by atoms with van der Waals surface area (Å²) in [5, 5.41) is 4.40. The van der Waals surface area contributed by atoms with Gasteiger partial charge in [0.05, 0.1) is 24.3 Å². The summed E-state index contributed by atoms with van der Waals surface area (Å²) in [5.41, 5.74) is 0.990. The van der Waals surface area contributed by atoms with E-state index in [1.165, 1.54) is 33.8 Å². The second kappa shape index (κ2) is 9.99. The zero-order valence-corrected chi connectivity index (χ0v) is 22.3. The van der Waals surface area contributed by atoms with Crippen LogP contribution in [0.15, 0.2) is 48.7 Å². The van der Waals surface area contributed by atoms with Gasteiger partial charge in [-0.1, -0.05) is 30.3 Å². The second-order valence-electron chi connectivity index (χ2n) is 11.1. The zero-order valence-electron chi connectivity index (χ0n) is 22.3. The number of urea groups is 1. The molecule has 0 N–H and O–H groups in total. The summed E-state index contributed by atoms with van der Waals surface area (Å²) in [7, 11) is 0. The third kappa shape index (κ3) is 5.24. The van der Waals surface area contributed by atoms with Crippen molar-refractivity contribution in [1.82, 2.24) is 14.7 Å². The van der Waals surface area contributed by atoms with E-state index in [-0.39, 0.29) is 49.3 Å². The number of alkyl halides is 5. The van der Waals surface area contributed by atoms with E-state index in [2.05, 4.69) is 5.10 Å². The van der Waals surface area contributed by atoms with Crippen LogP contribution in [0, 0.1) is 18.7 Å². The quantitative estimate of drug-likeness (QED) is 0.310. The molecule has 6 nitrogen and oxygen atoms in total. The summed E-state index contributed by atoms with van der Waals surface area (Å²) in [5.74, 6) is -3.75. The van der Waals surface area contributed by atoms with Gasteiger partial charge < -0.3 is 9.80 Å². The molecular weight excluding hydrogens is 548 g/mol. The van der Waals surface area contributed by atoms with Crippen molar-refractivity contribution < 1.29 is 31.1 Å². The van der Waals surface area contributed by atoms with E-state index < -0.39 is 29.6 Å². The first-order valence-electron chi connectivity index (χ1n) is 13.6. The number of piperidine rings is 1. The number of hydrogen-bond acceptors (Lipinski definition) is 3. The number of rotatable bonds is 6. The lowest BCUT2D eigenvalue weighted by atomic mass is 10.00. The Hall–Kier alpha value is -3.70. The van der Waals surface area contributed by atoms with Crippen molar-refractivity contribution >= 4 is 17.5 Å². The maximum atomic E-state index is 14.6.